The lowest BCUT2D eigenvalue weighted by Gasteiger charge is -2.11. The van der Waals surface area contributed by atoms with Gasteiger partial charge in [0.1, 0.15) is 5.75 Å². The van der Waals surface area contributed by atoms with Crippen LogP contribution >= 0.6 is 0 Å². The third-order valence-electron chi connectivity index (χ3n) is 3.76. The van der Waals surface area contributed by atoms with E-state index in [1.54, 1.807) is 0 Å². The molecular weight excluding hydrogens is 276 g/mol. The van der Waals surface area contributed by atoms with Crippen molar-refractivity contribution in [3.05, 3.63) is 47.5 Å². The van der Waals surface area contributed by atoms with E-state index < -0.39 is 0 Å². The molecule has 0 aliphatic carbocycles. The van der Waals surface area contributed by atoms with Crippen LogP contribution in [0.25, 0.3) is 16.8 Å². The Kier molecular flexibility index (Phi) is 4.39. The number of fused-ring (bicyclic) bond motifs is 1. The van der Waals surface area contributed by atoms with Gasteiger partial charge in [-0.3, -0.25) is 10.2 Å². The van der Waals surface area contributed by atoms with Crippen LogP contribution in [-0.2, 0) is 4.79 Å². The fourth-order valence-electron chi connectivity index (χ4n) is 2.59. The summed E-state index contributed by atoms with van der Waals surface area (Å²) in [5.74, 6) is 0.811. The molecule has 0 atom stereocenters. The second-order valence-corrected chi connectivity index (χ2v) is 5.38. The molecule has 1 amide bonds. The SMILES string of the molecule is CCCCOc1cccc2cccc(/C=C3\CNNC3=O)c12. The quantitative estimate of drug-likeness (QED) is 0.658. The average Bonchev–Trinajstić information content (AvgIpc) is 2.93. The van der Waals surface area contributed by atoms with Crippen LogP contribution in [0.3, 0.4) is 0 Å². The number of unbranched alkanes of at least 4 members (excludes halogenated alkanes) is 1. The van der Waals surface area contributed by atoms with Gasteiger partial charge in [0, 0.05) is 17.5 Å². The third-order valence-corrected chi connectivity index (χ3v) is 3.76. The minimum absolute atomic E-state index is 0.0682. The molecular formula is C18H20N2O2. The summed E-state index contributed by atoms with van der Waals surface area (Å²) in [6, 6.07) is 12.2. The van der Waals surface area contributed by atoms with E-state index >= 15 is 0 Å². The Hall–Kier alpha value is -2.33. The number of nitrogens with one attached hydrogen (secondary N) is 2. The van der Waals surface area contributed by atoms with E-state index in [-0.39, 0.29) is 5.91 Å². The van der Waals surface area contributed by atoms with E-state index in [1.165, 1.54) is 0 Å². The molecule has 4 nitrogen and oxygen atoms in total. The predicted molar refractivity (Wildman–Crippen MR) is 88.5 cm³/mol. The number of carbonyl (C=O) groups is 1. The molecule has 114 valence electrons. The fraction of sp³-hybridized carbons (Fsp3) is 0.278. The molecule has 0 bridgehead atoms. The topological polar surface area (TPSA) is 50.4 Å². The van der Waals surface area contributed by atoms with Gasteiger partial charge < -0.3 is 4.74 Å². The number of hydrazine groups is 1. The minimum Gasteiger partial charge on any atom is -0.493 e. The largest absolute Gasteiger partial charge is 0.493 e. The highest BCUT2D eigenvalue weighted by Crippen LogP contribution is 2.30. The van der Waals surface area contributed by atoms with Crippen LogP contribution in [0.15, 0.2) is 42.0 Å². The molecule has 0 spiro atoms. The standard InChI is InChI=1S/C18H20N2O2/c1-2-3-10-22-16-9-5-7-13-6-4-8-14(17(13)16)11-15-12-19-20-18(15)21/h4-9,11,19H,2-3,10,12H2,1H3,(H,20,21)/b15-11+. The van der Waals surface area contributed by atoms with Crippen molar-refractivity contribution in [1.29, 1.82) is 0 Å². The second kappa shape index (κ2) is 6.62. The zero-order chi connectivity index (χ0) is 15.4. The van der Waals surface area contributed by atoms with Crippen LogP contribution in [0, 0.1) is 0 Å². The summed E-state index contributed by atoms with van der Waals surface area (Å²) in [4.78, 5) is 11.7. The van der Waals surface area contributed by atoms with Crippen LogP contribution < -0.4 is 15.6 Å². The minimum atomic E-state index is -0.0682. The lowest BCUT2D eigenvalue weighted by Crippen LogP contribution is -2.25. The number of rotatable bonds is 5. The van der Waals surface area contributed by atoms with Gasteiger partial charge >= 0.3 is 0 Å². The molecule has 0 aromatic heterocycles. The zero-order valence-corrected chi connectivity index (χ0v) is 12.7. The Balaban J connectivity index is 2.04. The molecule has 2 aromatic carbocycles. The van der Waals surface area contributed by atoms with Gasteiger partial charge in [-0.05, 0) is 29.5 Å². The van der Waals surface area contributed by atoms with Gasteiger partial charge in [0.15, 0.2) is 0 Å². The first-order chi connectivity index (χ1) is 10.8. The number of hydrogen-bond acceptors (Lipinski definition) is 3. The number of benzene rings is 2. The van der Waals surface area contributed by atoms with Gasteiger partial charge in [0.2, 0.25) is 0 Å². The Morgan fingerprint density at radius 1 is 1.23 bits per heavy atom. The first-order valence-corrected chi connectivity index (χ1v) is 7.68. The Morgan fingerprint density at radius 2 is 2.05 bits per heavy atom. The maximum absolute atomic E-state index is 11.7. The van der Waals surface area contributed by atoms with Gasteiger partial charge in [0.05, 0.1) is 6.61 Å². The maximum Gasteiger partial charge on any atom is 0.262 e. The number of carbonyl (C=O) groups excluding carboxylic acids is 1. The average molecular weight is 296 g/mol. The summed E-state index contributed by atoms with van der Waals surface area (Å²) in [7, 11) is 0. The van der Waals surface area contributed by atoms with Gasteiger partial charge in [-0.2, -0.15) is 0 Å². The van der Waals surface area contributed by atoms with Gasteiger partial charge in [0.25, 0.3) is 5.91 Å². The number of amides is 1. The molecule has 3 rings (SSSR count). The Morgan fingerprint density at radius 3 is 2.77 bits per heavy atom. The Labute approximate surface area is 130 Å². The Bertz CT molecular complexity index is 717. The number of hydrogen-bond donors (Lipinski definition) is 2. The molecule has 1 fully saturated rings. The van der Waals surface area contributed by atoms with Crippen molar-refractivity contribution in [2.24, 2.45) is 0 Å². The van der Waals surface area contributed by atoms with Gasteiger partial charge in [-0.25, -0.2) is 5.43 Å². The lowest BCUT2D eigenvalue weighted by molar-refractivity contribution is -0.116. The van der Waals surface area contributed by atoms with Gasteiger partial charge in [-0.1, -0.05) is 43.7 Å². The zero-order valence-electron chi connectivity index (χ0n) is 12.7. The summed E-state index contributed by atoms with van der Waals surface area (Å²) >= 11 is 0. The molecule has 0 unspecified atom stereocenters. The van der Waals surface area contributed by atoms with Crippen molar-refractivity contribution in [2.75, 3.05) is 13.2 Å². The first kappa shape index (κ1) is 14.6. The van der Waals surface area contributed by atoms with Crippen LogP contribution in [0.1, 0.15) is 25.3 Å². The third kappa shape index (κ3) is 2.97. The second-order valence-electron chi connectivity index (χ2n) is 5.38. The monoisotopic (exact) mass is 296 g/mol. The molecule has 4 heteroatoms. The molecule has 0 radical (unpaired) electrons. The van der Waals surface area contributed by atoms with Gasteiger partial charge in [-0.15, -0.1) is 0 Å². The van der Waals surface area contributed by atoms with Crippen molar-refractivity contribution >= 4 is 22.8 Å². The van der Waals surface area contributed by atoms with E-state index in [9.17, 15) is 4.79 Å². The molecule has 2 aromatic rings. The van der Waals surface area contributed by atoms with Crippen molar-refractivity contribution < 1.29 is 9.53 Å². The van der Waals surface area contributed by atoms with E-state index in [4.69, 9.17) is 4.74 Å². The van der Waals surface area contributed by atoms with Crippen LogP contribution in [-0.4, -0.2) is 19.1 Å². The van der Waals surface area contributed by atoms with Crippen LogP contribution in [0.2, 0.25) is 0 Å². The normalized spacial score (nSPS) is 16.2. The summed E-state index contributed by atoms with van der Waals surface area (Å²) in [6.07, 6.45) is 4.07. The maximum atomic E-state index is 11.7. The fourth-order valence-corrected chi connectivity index (χ4v) is 2.59. The molecule has 1 heterocycles. The van der Waals surface area contributed by atoms with Crippen molar-refractivity contribution in [3.63, 3.8) is 0 Å². The molecule has 1 aliphatic heterocycles. The lowest BCUT2D eigenvalue weighted by atomic mass is 10.0. The summed E-state index contributed by atoms with van der Waals surface area (Å²) in [5.41, 5.74) is 7.20. The number of ether oxygens (including phenoxy) is 1. The first-order valence-electron chi connectivity index (χ1n) is 7.68. The van der Waals surface area contributed by atoms with Crippen molar-refractivity contribution in [2.45, 2.75) is 19.8 Å². The molecule has 0 saturated carbocycles. The highest BCUT2D eigenvalue weighted by molar-refractivity contribution is 6.03. The highest BCUT2D eigenvalue weighted by Gasteiger charge is 2.16. The van der Waals surface area contributed by atoms with E-state index in [0.717, 1.165) is 40.5 Å². The molecule has 1 aliphatic rings. The van der Waals surface area contributed by atoms with Crippen LogP contribution in [0.4, 0.5) is 0 Å². The van der Waals surface area contributed by atoms with Crippen molar-refractivity contribution in [3.8, 4) is 5.75 Å². The van der Waals surface area contributed by atoms with E-state index in [1.807, 2.05) is 30.3 Å². The molecule has 22 heavy (non-hydrogen) atoms. The molecule has 2 N–H and O–H groups in total. The predicted octanol–water partition coefficient (Wildman–Crippen LogP) is 3.04. The summed E-state index contributed by atoms with van der Waals surface area (Å²) < 4.78 is 5.95. The summed E-state index contributed by atoms with van der Waals surface area (Å²) in [6.45, 7) is 3.39. The van der Waals surface area contributed by atoms with Crippen LogP contribution in [0.5, 0.6) is 5.75 Å². The van der Waals surface area contributed by atoms with E-state index in [2.05, 4.69) is 29.9 Å². The summed E-state index contributed by atoms with van der Waals surface area (Å²) in [5, 5.41) is 2.18. The smallest absolute Gasteiger partial charge is 0.262 e. The van der Waals surface area contributed by atoms with E-state index in [0.29, 0.717) is 13.2 Å². The highest BCUT2D eigenvalue weighted by atomic mass is 16.5. The molecule has 1 saturated heterocycles. The van der Waals surface area contributed by atoms with Crippen molar-refractivity contribution in [1.82, 2.24) is 10.9 Å².